The molecule has 0 radical (unpaired) electrons. The number of hydrogen-bond acceptors (Lipinski definition) is 6. The maximum absolute atomic E-state index is 12.7. The van der Waals surface area contributed by atoms with Crippen LogP contribution in [-0.4, -0.2) is 60.7 Å². The molecule has 10 heteroatoms. The normalized spacial score (nSPS) is 16.7. The van der Waals surface area contributed by atoms with Gasteiger partial charge in [0, 0.05) is 32.2 Å². The molecule has 1 fully saturated rings. The Hall–Kier alpha value is -2.82. The second-order valence-electron chi connectivity index (χ2n) is 7.12. The fourth-order valence-corrected chi connectivity index (χ4v) is 4.90. The van der Waals surface area contributed by atoms with E-state index in [2.05, 4.69) is 5.32 Å². The van der Waals surface area contributed by atoms with Crippen molar-refractivity contribution in [2.45, 2.75) is 18.7 Å². The Morgan fingerprint density at radius 3 is 2.30 bits per heavy atom. The van der Waals surface area contributed by atoms with Gasteiger partial charge in [-0.2, -0.15) is 4.31 Å². The van der Waals surface area contributed by atoms with Crippen LogP contribution >= 0.6 is 0 Å². The van der Waals surface area contributed by atoms with Crippen molar-refractivity contribution >= 4 is 27.3 Å². The number of hydrogen-bond donors (Lipinski definition) is 1. The Balaban J connectivity index is 1.58. The Kier molecular flexibility index (Phi) is 6.80. The maximum atomic E-state index is 12.7. The van der Waals surface area contributed by atoms with Crippen molar-refractivity contribution in [3.8, 4) is 0 Å². The minimum atomic E-state index is -3.44. The monoisotopic (exact) mass is 432 g/mol. The van der Waals surface area contributed by atoms with Crippen molar-refractivity contribution in [2.24, 2.45) is 0 Å². The molecular weight excluding hydrogens is 408 g/mol. The van der Waals surface area contributed by atoms with Crippen LogP contribution in [0.15, 0.2) is 54.6 Å². The maximum Gasteiger partial charge on any atom is 0.292 e. The molecule has 3 rings (SSSR count). The number of piperazine rings is 1. The number of amides is 1. The van der Waals surface area contributed by atoms with Crippen molar-refractivity contribution in [3.63, 3.8) is 0 Å². The van der Waals surface area contributed by atoms with Crippen LogP contribution in [-0.2, 0) is 20.6 Å². The molecule has 0 bridgehead atoms. The van der Waals surface area contributed by atoms with E-state index in [1.807, 2.05) is 11.0 Å². The summed E-state index contributed by atoms with van der Waals surface area (Å²) < 4.78 is 26.8. The van der Waals surface area contributed by atoms with E-state index in [1.54, 1.807) is 37.3 Å². The molecule has 1 atom stereocenters. The van der Waals surface area contributed by atoms with Gasteiger partial charge in [-0.05, 0) is 18.6 Å². The van der Waals surface area contributed by atoms with Gasteiger partial charge in [-0.1, -0.05) is 42.5 Å². The number of benzene rings is 2. The van der Waals surface area contributed by atoms with E-state index >= 15 is 0 Å². The molecule has 1 saturated heterocycles. The number of rotatable bonds is 7. The van der Waals surface area contributed by atoms with Crippen molar-refractivity contribution in [1.82, 2.24) is 9.21 Å². The van der Waals surface area contributed by atoms with E-state index in [0.29, 0.717) is 13.1 Å². The molecule has 1 amide bonds. The topological polar surface area (TPSA) is 113 Å². The van der Waals surface area contributed by atoms with Gasteiger partial charge in [-0.3, -0.25) is 19.8 Å². The van der Waals surface area contributed by atoms with Crippen molar-refractivity contribution in [3.05, 3.63) is 70.3 Å². The third-order valence-corrected chi connectivity index (χ3v) is 6.99. The minimum absolute atomic E-state index is 0.0540. The van der Waals surface area contributed by atoms with Gasteiger partial charge in [0.1, 0.15) is 5.69 Å². The van der Waals surface area contributed by atoms with Crippen LogP contribution < -0.4 is 5.32 Å². The highest BCUT2D eigenvalue weighted by Gasteiger charge is 2.31. The first kappa shape index (κ1) is 21.9. The number of nitro groups is 1. The molecule has 2 aromatic carbocycles. The van der Waals surface area contributed by atoms with Gasteiger partial charge in [-0.25, -0.2) is 8.42 Å². The zero-order valence-corrected chi connectivity index (χ0v) is 17.4. The Bertz CT molecular complexity index is 1000. The fraction of sp³-hybridized carbons (Fsp3) is 0.350. The highest BCUT2D eigenvalue weighted by Crippen LogP contribution is 2.24. The lowest BCUT2D eigenvalue weighted by molar-refractivity contribution is -0.383. The van der Waals surface area contributed by atoms with Crippen molar-refractivity contribution in [2.75, 3.05) is 31.5 Å². The van der Waals surface area contributed by atoms with Crippen LogP contribution in [0.1, 0.15) is 12.5 Å². The zero-order valence-electron chi connectivity index (χ0n) is 16.6. The smallest absolute Gasteiger partial charge is 0.292 e. The lowest BCUT2D eigenvalue weighted by atomic mass is 10.2. The number of sulfonamides is 1. The van der Waals surface area contributed by atoms with Gasteiger partial charge >= 0.3 is 0 Å². The number of para-hydroxylation sites is 2. The van der Waals surface area contributed by atoms with E-state index < -0.39 is 21.0 Å². The first-order valence-corrected chi connectivity index (χ1v) is 11.2. The quantitative estimate of drug-likeness (QED) is 0.529. The second-order valence-corrected chi connectivity index (χ2v) is 9.09. The minimum Gasteiger partial charge on any atom is -0.319 e. The highest BCUT2D eigenvalue weighted by atomic mass is 32.2. The highest BCUT2D eigenvalue weighted by molar-refractivity contribution is 7.88. The summed E-state index contributed by atoms with van der Waals surface area (Å²) in [6.45, 7) is 3.09. The van der Waals surface area contributed by atoms with E-state index in [9.17, 15) is 23.3 Å². The first-order chi connectivity index (χ1) is 14.3. The summed E-state index contributed by atoms with van der Waals surface area (Å²) in [5.74, 6) is -0.424. The molecule has 1 aliphatic heterocycles. The number of nitrogens with one attached hydrogen (secondary N) is 1. The van der Waals surface area contributed by atoms with Crippen LogP contribution in [0.4, 0.5) is 11.4 Å². The van der Waals surface area contributed by atoms with Gasteiger partial charge in [0.2, 0.25) is 15.9 Å². The molecule has 0 aliphatic carbocycles. The molecule has 1 heterocycles. The summed E-state index contributed by atoms with van der Waals surface area (Å²) in [4.78, 5) is 25.0. The van der Waals surface area contributed by atoms with Gasteiger partial charge in [0.15, 0.2) is 0 Å². The van der Waals surface area contributed by atoms with Crippen LogP contribution in [0.5, 0.6) is 0 Å². The van der Waals surface area contributed by atoms with Gasteiger partial charge in [0.25, 0.3) is 5.69 Å². The van der Waals surface area contributed by atoms with Gasteiger partial charge < -0.3 is 5.32 Å². The Labute approximate surface area is 175 Å². The number of anilines is 1. The molecule has 0 spiro atoms. The first-order valence-electron chi connectivity index (χ1n) is 9.58. The summed E-state index contributed by atoms with van der Waals surface area (Å²) in [6.07, 6.45) is 0. The molecule has 2 aromatic rings. The third-order valence-electron chi connectivity index (χ3n) is 5.14. The molecule has 1 unspecified atom stereocenters. The molecule has 1 N–H and O–H groups in total. The van der Waals surface area contributed by atoms with Crippen molar-refractivity contribution in [1.29, 1.82) is 0 Å². The van der Waals surface area contributed by atoms with E-state index in [-0.39, 0.29) is 36.1 Å². The van der Waals surface area contributed by atoms with E-state index in [0.717, 1.165) is 5.56 Å². The average molecular weight is 433 g/mol. The lowest BCUT2D eigenvalue weighted by Gasteiger charge is -2.36. The summed E-state index contributed by atoms with van der Waals surface area (Å²) in [6, 6.07) is 14.4. The van der Waals surface area contributed by atoms with Crippen LogP contribution in [0.2, 0.25) is 0 Å². The fourth-order valence-electron chi connectivity index (χ4n) is 3.39. The van der Waals surface area contributed by atoms with E-state index in [1.165, 1.54) is 22.5 Å². The summed E-state index contributed by atoms with van der Waals surface area (Å²) in [5.41, 5.74) is 0.704. The summed E-state index contributed by atoms with van der Waals surface area (Å²) in [7, 11) is -3.44. The molecule has 9 nitrogen and oxygen atoms in total. The summed E-state index contributed by atoms with van der Waals surface area (Å²) >= 11 is 0. The molecule has 30 heavy (non-hydrogen) atoms. The SMILES string of the molecule is CC(C(=O)Nc1ccccc1[N+](=O)[O-])N1CCN(S(=O)(=O)Cc2ccccc2)CC1. The number of carbonyl (C=O) groups is 1. The Morgan fingerprint density at radius 2 is 1.67 bits per heavy atom. The molecule has 160 valence electrons. The molecule has 1 aliphatic rings. The van der Waals surface area contributed by atoms with Crippen LogP contribution in [0.3, 0.4) is 0 Å². The molecule has 0 saturated carbocycles. The molecule has 0 aromatic heterocycles. The van der Waals surface area contributed by atoms with Gasteiger partial charge in [0.05, 0.1) is 16.7 Å². The number of nitro benzene ring substituents is 1. The number of nitrogens with zero attached hydrogens (tertiary/aromatic N) is 3. The molecular formula is C20H24N4O5S. The third kappa shape index (κ3) is 5.21. The average Bonchev–Trinajstić information content (AvgIpc) is 2.74. The largest absolute Gasteiger partial charge is 0.319 e. The zero-order chi connectivity index (χ0) is 21.7. The van der Waals surface area contributed by atoms with E-state index in [4.69, 9.17) is 0 Å². The Morgan fingerprint density at radius 1 is 1.07 bits per heavy atom. The van der Waals surface area contributed by atoms with Crippen LogP contribution in [0, 0.1) is 10.1 Å². The summed E-state index contributed by atoms with van der Waals surface area (Å²) in [5, 5.41) is 13.7. The van der Waals surface area contributed by atoms with Gasteiger partial charge in [-0.15, -0.1) is 0 Å². The predicted molar refractivity (Wildman–Crippen MR) is 113 cm³/mol. The lowest BCUT2D eigenvalue weighted by Crippen LogP contribution is -2.54. The van der Waals surface area contributed by atoms with Crippen LogP contribution in [0.25, 0.3) is 0 Å². The second kappa shape index (κ2) is 9.33. The number of carbonyl (C=O) groups excluding carboxylic acids is 1. The van der Waals surface area contributed by atoms with Crippen molar-refractivity contribution < 1.29 is 18.1 Å². The standard InChI is InChI=1S/C20H24N4O5S/c1-16(20(25)21-18-9-5-6-10-19(18)24(26)27)22-11-13-23(14-12-22)30(28,29)15-17-7-3-2-4-8-17/h2-10,16H,11-15H2,1H3,(H,21,25). The predicted octanol–water partition coefficient (Wildman–Crippen LogP) is 2.07.